The Morgan fingerprint density at radius 3 is 2.53 bits per heavy atom. The Bertz CT molecular complexity index is 638. The largest absolute Gasteiger partial charge is 0.456 e. The summed E-state index contributed by atoms with van der Waals surface area (Å²) < 4.78 is 6.93. The van der Waals surface area contributed by atoms with Gasteiger partial charge >= 0.3 is 0 Å². The van der Waals surface area contributed by atoms with E-state index in [-0.39, 0.29) is 5.84 Å². The molecular formula is C15H15BrN2O. The van der Waals surface area contributed by atoms with Crippen molar-refractivity contribution in [3.63, 3.8) is 0 Å². The van der Waals surface area contributed by atoms with Crippen LogP contribution in [-0.2, 0) is 0 Å². The lowest BCUT2D eigenvalue weighted by Gasteiger charge is -2.13. The first kappa shape index (κ1) is 13.6. The third kappa shape index (κ3) is 2.96. The van der Waals surface area contributed by atoms with E-state index >= 15 is 0 Å². The Kier molecular flexibility index (Phi) is 3.90. The summed E-state index contributed by atoms with van der Waals surface area (Å²) in [6.45, 7) is 3.94. The number of ether oxygens (including phenoxy) is 1. The number of aryl methyl sites for hydroxylation is 2. The molecule has 0 unspecified atom stereocenters. The standard InChI is InChI=1S/C15H15BrN2O/c1-9-4-3-5-12(15(17)18)14(9)19-11-6-7-13(16)10(2)8-11/h3-8H,1-2H3,(H3,17,18). The predicted octanol–water partition coefficient (Wildman–Crippen LogP) is 4.14. The van der Waals surface area contributed by atoms with Crippen LogP contribution in [0.15, 0.2) is 40.9 Å². The van der Waals surface area contributed by atoms with Crippen molar-refractivity contribution in [1.29, 1.82) is 5.41 Å². The van der Waals surface area contributed by atoms with E-state index in [1.165, 1.54) is 0 Å². The van der Waals surface area contributed by atoms with Gasteiger partial charge in [0.15, 0.2) is 0 Å². The summed E-state index contributed by atoms with van der Waals surface area (Å²) in [5.74, 6) is 1.38. The van der Waals surface area contributed by atoms with Crippen molar-refractivity contribution in [2.45, 2.75) is 13.8 Å². The molecule has 0 aliphatic rings. The lowest BCUT2D eigenvalue weighted by Crippen LogP contribution is -2.12. The van der Waals surface area contributed by atoms with Crippen LogP contribution in [0.4, 0.5) is 0 Å². The molecule has 0 saturated carbocycles. The van der Waals surface area contributed by atoms with Crippen molar-refractivity contribution < 1.29 is 4.74 Å². The summed E-state index contributed by atoms with van der Waals surface area (Å²) >= 11 is 3.46. The Labute approximate surface area is 121 Å². The Morgan fingerprint density at radius 2 is 1.89 bits per heavy atom. The van der Waals surface area contributed by atoms with Crippen LogP contribution in [0.1, 0.15) is 16.7 Å². The van der Waals surface area contributed by atoms with Crippen molar-refractivity contribution in [1.82, 2.24) is 0 Å². The van der Waals surface area contributed by atoms with E-state index < -0.39 is 0 Å². The molecule has 0 fully saturated rings. The number of para-hydroxylation sites is 1. The zero-order valence-corrected chi connectivity index (χ0v) is 12.4. The lowest BCUT2D eigenvalue weighted by atomic mass is 10.1. The third-order valence-corrected chi connectivity index (χ3v) is 3.74. The second kappa shape index (κ2) is 5.45. The lowest BCUT2D eigenvalue weighted by molar-refractivity contribution is 0.477. The van der Waals surface area contributed by atoms with Gasteiger partial charge < -0.3 is 10.5 Å². The summed E-state index contributed by atoms with van der Waals surface area (Å²) in [6, 6.07) is 11.4. The Balaban J connectivity index is 2.42. The second-order valence-electron chi connectivity index (χ2n) is 4.38. The van der Waals surface area contributed by atoms with Gasteiger partial charge in [0.2, 0.25) is 0 Å². The van der Waals surface area contributed by atoms with Crippen LogP contribution in [0.3, 0.4) is 0 Å². The molecule has 19 heavy (non-hydrogen) atoms. The molecular weight excluding hydrogens is 304 g/mol. The van der Waals surface area contributed by atoms with Gasteiger partial charge in [-0.15, -0.1) is 0 Å². The van der Waals surface area contributed by atoms with Crippen LogP contribution < -0.4 is 10.5 Å². The maximum absolute atomic E-state index is 7.61. The first-order valence-electron chi connectivity index (χ1n) is 5.87. The Morgan fingerprint density at radius 1 is 1.16 bits per heavy atom. The molecule has 3 N–H and O–H groups in total. The number of amidine groups is 1. The molecule has 0 aliphatic carbocycles. The molecule has 0 bridgehead atoms. The van der Waals surface area contributed by atoms with E-state index in [1.807, 2.05) is 44.2 Å². The first-order chi connectivity index (χ1) is 8.99. The Hall–Kier alpha value is -1.81. The topological polar surface area (TPSA) is 59.1 Å². The quantitative estimate of drug-likeness (QED) is 0.660. The number of nitrogens with two attached hydrogens (primary N) is 1. The minimum atomic E-state index is 0.00698. The molecule has 0 amide bonds. The SMILES string of the molecule is Cc1cc(Oc2c(C)cccc2C(=N)N)ccc1Br. The molecule has 0 heterocycles. The maximum Gasteiger partial charge on any atom is 0.141 e. The number of nitrogen functional groups attached to an aromatic ring is 1. The number of halogens is 1. The van der Waals surface area contributed by atoms with Crippen molar-refractivity contribution >= 4 is 21.8 Å². The molecule has 0 radical (unpaired) electrons. The maximum atomic E-state index is 7.61. The first-order valence-corrected chi connectivity index (χ1v) is 6.66. The highest BCUT2D eigenvalue weighted by Gasteiger charge is 2.11. The number of hydrogen-bond acceptors (Lipinski definition) is 2. The average molecular weight is 319 g/mol. The van der Waals surface area contributed by atoms with Crippen LogP contribution in [0, 0.1) is 19.3 Å². The molecule has 0 saturated heterocycles. The molecule has 0 aromatic heterocycles. The second-order valence-corrected chi connectivity index (χ2v) is 5.23. The summed E-state index contributed by atoms with van der Waals surface area (Å²) in [6.07, 6.45) is 0. The molecule has 0 atom stereocenters. The van der Waals surface area contributed by atoms with Gasteiger partial charge in [0.1, 0.15) is 17.3 Å². The molecule has 0 aliphatic heterocycles. The predicted molar refractivity (Wildman–Crippen MR) is 81.1 cm³/mol. The number of rotatable bonds is 3. The third-order valence-electron chi connectivity index (χ3n) is 2.85. The van der Waals surface area contributed by atoms with Crippen molar-refractivity contribution in [2.75, 3.05) is 0 Å². The molecule has 3 nitrogen and oxygen atoms in total. The zero-order valence-electron chi connectivity index (χ0n) is 10.8. The van der Waals surface area contributed by atoms with Gasteiger partial charge in [0.25, 0.3) is 0 Å². The highest BCUT2D eigenvalue weighted by molar-refractivity contribution is 9.10. The number of nitrogens with one attached hydrogen (secondary N) is 1. The summed E-state index contributed by atoms with van der Waals surface area (Å²) in [5, 5.41) is 7.61. The van der Waals surface area contributed by atoms with Gasteiger partial charge in [0.05, 0.1) is 5.56 Å². The van der Waals surface area contributed by atoms with Crippen LogP contribution in [0.25, 0.3) is 0 Å². The molecule has 4 heteroatoms. The molecule has 98 valence electrons. The highest BCUT2D eigenvalue weighted by Crippen LogP contribution is 2.30. The van der Waals surface area contributed by atoms with Crippen LogP contribution in [0.5, 0.6) is 11.5 Å². The molecule has 0 spiro atoms. The van der Waals surface area contributed by atoms with Crippen LogP contribution >= 0.6 is 15.9 Å². The fourth-order valence-corrected chi connectivity index (χ4v) is 2.05. The molecule has 2 aromatic carbocycles. The summed E-state index contributed by atoms with van der Waals surface area (Å²) in [5.41, 5.74) is 8.24. The van der Waals surface area contributed by atoms with Crippen molar-refractivity contribution in [3.05, 3.63) is 57.6 Å². The number of hydrogen-bond donors (Lipinski definition) is 2. The zero-order chi connectivity index (χ0) is 14.0. The van der Waals surface area contributed by atoms with Gasteiger partial charge in [-0.1, -0.05) is 28.1 Å². The van der Waals surface area contributed by atoms with E-state index in [9.17, 15) is 0 Å². The minimum Gasteiger partial charge on any atom is -0.456 e. The smallest absolute Gasteiger partial charge is 0.141 e. The van der Waals surface area contributed by atoms with Crippen molar-refractivity contribution in [3.8, 4) is 11.5 Å². The average Bonchev–Trinajstić information content (AvgIpc) is 2.36. The van der Waals surface area contributed by atoms with E-state index in [1.54, 1.807) is 6.07 Å². The van der Waals surface area contributed by atoms with Gasteiger partial charge in [-0.25, -0.2) is 0 Å². The van der Waals surface area contributed by atoms with Crippen LogP contribution in [-0.4, -0.2) is 5.84 Å². The summed E-state index contributed by atoms with van der Waals surface area (Å²) in [7, 11) is 0. The fraction of sp³-hybridized carbons (Fsp3) is 0.133. The molecule has 2 aromatic rings. The van der Waals surface area contributed by atoms with E-state index in [4.69, 9.17) is 15.9 Å². The van der Waals surface area contributed by atoms with E-state index in [0.717, 1.165) is 21.3 Å². The highest BCUT2D eigenvalue weighted by atomic mass is 79.9. The fourth-order valence-electron chi connectivity index (χ4n) is 1.80. The summed E-state index contributed by atoms with van der Waals surface area (Å²) in [4.78, 5) is 0. The van der Waals surface area contributed by atoms with E-state index in [2.05, 4.69) is 15.9 Å². The van der Waals surface area contributed by atoms with Gasteiger partial charge in [-0.3, -0.25) is 5.41 Å². The van der Waals surface area contributed by atoms with Gasteiger partial charge in [-0.2, -0.15) is 0 Å². The van der Waals surface area contributed by atoms with Gasteiger partial charge in [-0.05, 0) is 49.2 Å². The van der Waals surface area contributed by atoms with Crippen molar-refractivity contribution in [2.24, 2.45) is 5.73 Å². The monoisotopic (exact) mass is 318 g/mol. The number of benzene rings is 2. The van der Waals surface area contributed by atoms with E-state index in [0.29, 0.717) is 11.3 Å². The normalized spacial score (nSPS) is 10.3. The minimum absolute atomic E-state index is 0.00698. The van der Waals surface area contributed by atoms with Crippen LogP contribution in [0.2, 0.25) is 0 Å². The van der Waals surface area contributed by atoms with Gasteiger partial charge in [0, 0.05) is 4.47 Å². The molecule has 2 rings (SSSR count).